The van der Waals surface area contributed by atoms with Crippen LogP contribution in [-0.2, 0) is 0 Å². The fourth-order valence-electron chi connectivity index (χ4n) is 2.19. The summed E-state index contributed by atoms with van der Waals surface area (Å²) in [6.07, 6.45) is 5.79. The van der Waals surface area contributed by atoms with Gasteiger partial charge in [0.1, 0.15) is 0 Å². The first-order valence-corrected chi connectivity index (χ1v) is 7.62. The number of nitrogens with one attached hydrogen (secondary N) is 2. The first kappa shape index (κ1) is 13.6. The molecule has 0 bridgehead atoms. The predicted octanol–water partition coefficient (Wildman–Crippen LogP) is 3.25. The highest BCUT2D eigenvalue weighted by Gasteiger charge is 2.22. The topological polar surface area (TPSA) is 75.6 Å². The van der Waals surface area contributed by atoms with Crippen molar-refractivity contribution in [1.82, 2.24) is 19.9 Å². The van der Waals surface area contributed by atoms with Gasteiger partial charge >= 0.3 is 0 Å². The summed E-state index contributed by atoms with van der Waals surface area (Å²) in [6.45, 7) is 0. The van der Waals surface area contributed by atoms with Gasteiger partial charge in [-0.15, -0.1) is 0 Å². The summed E-state index contributed by atoms with van der Waals surface area (Å²) in [7, 11) is 0. The molecule has 2 heterocycles. The quantitative estimate of drug-likeness (QED) is 0.753. The summed E-state index contributed by atoms with van der Waals surface area (Å²) in [5.41, 5.74) is 1.86. The molecule has 23 heavy (non-hydrogen) atoms. The molecule has 2 aromatic heterocycles. The molecule has 0 atom stereocenters. The van der Waals surface area contributed by atoms with Crippen LogP contribution in [-0.4, -0.2) is 26.0 Å². The van der Waals surface area contributed by atoms with E-state index in [1.807, 2.05) is 42.5 Å². The van der Waals surface area contributed by atoms with Crippen LogP contribution >= 0.6 is 0 Å². The van der Waals surface area contributed by atoms with Gasteiger partial charge in [0, 0.05) is 29.7 Å². The van der Waals surface area contributed by atoms with Gasteiger partial charge in [-0.3, -0.25) is 4.98 Å². The van der Waals surface area contributed by atoms with Crippen molar-refractivity contribution in [3.63, 3.8) is 0 Å². The first-order chi connectivity index (χ1) is 11.4. The van der Waals surface area contributed by atoms with Crippen LogP contribution in [0.3, 0.4) is 0 Å². The Hall–Kier alpha value is -3.02. The molecule has 4 rings (SSSR count). The molecule has 0 amide bonds. The molecule has 6 heteroatoms. The van der Waals surface area contributed by atoms with Crippen LogP contribution in [0.15, 0.2) is 54.9 Å². The van der Waals surface area contributed by atoms with Crippen molar-refractivity contribution in [2.45, 2.75) is 18.9 Å². The van der Waals surface area contributed by atoms with Crippen LogP contribution < -0.4 is 10.6 Å². The fourth-order valence-corrected chi connectivity index (χ4v) is 2.19. The van der Waals surface area contributed by atoms with Crippen LogP contribution in [0, 0.1) is 0 Å². The molecular formula is C17H16N6. The number of hydrogen-bond acceptors (Lipinski definition) is 6. The van der Waals surface area contributed by atoms with E-state index < -0.39 is 0 Å². The number of benzene rings is 1. The Balaban J connectivity index is 1.69. The highest BCUT2D eigenvalue weighted by molar-refractivity contribution is 5.60. The zero-order valence-electron chi connectivity index (χ0n) is 12.5. The van der Waals surface area contributed by atoms with Crippen LogP contribution in [0.5, 0.6) is 0 Å². The van der Waals surface area contributed by atoms with Crippen molar-refractivity contribution >= 4 is 17.6 Å². The average Bonchev–Trinajstić information content (AvgIpc) is 3.40. The molecule has 0 saturated heterocycles. The minimum absolute atomic E-state index is 0.481. The molecule has 0 spiro atoms. The van der Waals surface area contributed by atoms with E-state index in [-0.39, 0.29) is 0 Å². The standard InChI is InChI=1S/C17H16N6/c1-2-4-12(5-3-1)15-21-16(19-13-6-7-13)23-17(22-15)20-14-8-10-18-11-9-14/h1-5,8-11,13H,6-7H2,(H2,18,19,20,21,22,23). The Morgan fingerprint density at radius 2 is 1.57 bits per heavy atom. The van der Waals surface area contributed by atoms with Crippen molar-refractivity contribution < 1.29 is 0 Å². The van der Waals surface area contributed by atoms with Crippen molar-refractivity contribution in [2.24, 2.45) is 0 Å². The van der Waals surface area contributed by atoms with Crippen molar-refractivity contribution in [1.29, 1.82) is 0 Å². The molecule has 0 radical (unpaired) electrons. The summed E-state index contributed by atoms with van der Waals surface area (Å²) < 4.78 is 0. The maximum atomic E-state index is 4.54. The van der Waals surface area contributed by atoms with Gasteiger partial charge in [0.05, 0.1) is 0 Å². The summed E-state index contributed by atoms with van der Waals surface area (Å²) in [5, 5.41) is 6.54. The molecule has 1 aliphatic rings. The van der Waals surface area contributed by atoms with Gasteiger partial charge in [-0.2, -0.15) is 15.0 Å². The van der Waals surface area contributed by atoms with Crippen molar-refractivity contribution in [2.75, 3.05) is 10.6 Å². The lowest BCUT2D eigenvalue weighted by molar-refractivity contribution is 1.01. The molecule has 6 nitrogen and oxygen atoms in total. The van der Waals surface area contributed by atoms with E-state index in [4.69, 9.17) is 0 Å². The van der Waals surface area contributed by atoms with Gasteiger partial charge < -0.3 is 10.6 Å². The van der Waals surface area contributed by atoms with Crippen molar-refractivity contribution in [3.8, 4) is 11.4 Å². The molecular weight excluding hydrogens is 288 g/mol. The minimum Gasteiger partial charge on any atom is -0.351 e. The van der Waals surface area contributed by atoms with Gasteiger partial charge in [-0.1, -0.05) is 30.3 Å². The van der Waals surface area contributed by atoms with Crippen molar-refractivity contribution in [3.05, 3.63) is 54.9 Å². The normalized spacial score (nSPS) is 13.6. The van der Waals surface area contributed by atoms with Gasteiger partial charge in [-0.05, 0) is 25.0 Å². The summed E-state index contributed by atoms with van der Waals surface area (Å²) in [4.78, 5) is 17.6. The lowest BCUT2D eigenvalue weighted by Gasteiger charge is -2.10. The third kappa shape index (κ3) is 3.42. The SMILES string of the molecule is c1ccc(-c2nc(Nc3ccncc3)nc(NC3CC3)n2)cc1. The largest absolute Gasteiger partial charge is 0.351 e. The van der Waals surface area contributed by atoms with Gasteiger partial charge in [0.25, 0.3) is 0 Å². The van der Waals surface area contributed by atoms with Gasteiger partial charge in [0.15, 0.2) is 5.82 Å². The molecule has 1 saturated carbocycles. The van der Waals surface area contributed by atoms with Crippen LogP contribution in [0.2, 0.25) is 0 Å². The number of hydrogen-bond donors (Lipinski definition) is 2. The molecule has 3 aromatic rings. The highest BCUT2D eigenvalue weighted by atomic mass is 15.2. The molecule has 0 aliphatic heterocycles. The van der Waals surface area contributed by atoms with E-state index in [0.717, 1.165) is 11.3 Å². The average molecular weight is 304 g/mol. The third-order valence-corrected chi connectivity index (χ3v) is 3.51. The number of aromatic nitrogens is 4. The number of anilines is 3. The lowest BCUT2D eigenvalue weighted by atomic mass is 10.2. The Morgan fingerprint density at radius 1 is 0.826 bits per heavy atom. The zero-order chi connectivity index (χ0) is 15.5. The number of nitrogens with zero attached hydrogens (tertiary/aromatic N) is 4. The Labute approximate surface area is 134 Å². The lowest BCUT2D eigenvalue weighted by Crippen LogP contribution is -2.09. The summed E-state index contributed by atoms with van der Waals surface area (Å²) in [6, 6.07) is 14.1. The second kappa shape index (κ2) is 6.00. The van der Waals surface area contributed by atoms with E-state index >= 15 is 0 Å². The summed E-state index contributed by atoms with van der Waals surface area (Å²) in [5.74, 6) is 1.78. The van der Waals surface area contributed by atoms with E-state index in [0.29, 0.717) is 23.8 Å². The van der Waals surface area contributed by atoms with E-state index in [2.05, 4.69) is 30.6 Å². The molecule has 2 N–H and O–H groups in total. The van der Waals surface area contributed by atoms with E-state index in [1.54, 1.807) is 12.4 Å². The second-order valence-electron chi connectivity index (χ2n) is 5.45. The van der Waals surface area contributed by atoms with Crippen LogP contribution in [0.4, 0.5) is 17.6 Å². The minimum atomic E-state index is 0.481. The molecule has 1 aliphatic carbocycles. The Kier molecular flexibility index (Phi) is 3.56. The van der Waals surface area contributed by atoms with Crippen LogP contribution in [0.25, 0.3) is 11.4 Å². The molecule has 1 fully saturated rings. The maximum absolute atomic E-state index is 4.54. The number of pyridine rings is 1. The molecule has 114 valence electrons. The molecule has 0 unspecified atom stereocenters. The summed E-state index contributed by atoms with van der Waals surface area (Å²) >= 11 is 0. The smallest absolute Gasteiger partial charge is 0.232 e. The van der Waals surface area contributed by atoms with E-state index in [9.17, 15) is 0 Å². The maximum Gasteiger partial charge on any atom is 0.232 e. The Bertz CT molecular complexity index is 787. The monoisotopic (exact) mass is 304 g/mol. The second-order valence-corrected chi connectivity index (χ2v) is 5.45. The van der Waals surface area contributed by atoms with E-state index in [1.165, 1.54) is 12.8 Å². The third-order valence-electron chi connectivity index (χ3n) is 3.51. The Morgan fingerprint density at radius 3 is 2.30 bits per heavy atom. The number of rotatable bonds is 5. The molecule has 1 aromatic carbocycles. The van der Waals surface area contributed by atoms with Gasteiger partial charge in [0.2, 0.25) is 11.9 Å². The highest BCUT2D eigenvalue weighted by Crippen LogP contribution is 2.25. The predicted molar refractivity (Wildman–Crippen MR) is 89.4 cm³/mol. The fraction of sp³-hybridized carbons (Fsp3) is 0.176. The first-order valence-electron chi connectivity index (χ1n) is 7.62. The van der Waals surface area contributed by atoms with Gasteiger partial charge in [-0.25, -0.2) is 0 Å². The van der Waals surface area contributed by atoms with Crippen LogP contribution in [0.1, 0.15) is 12.8 Å². The zero-order valence-corrected chi connectivity index (χ0v) is 12.5.